The number of anilines is 5. The molecule has 0 radical (unpaired) electrons. The van der Waals surface area contributed by atoms with Gasteiger partial charge in [0.15, 0.2) is 11.6 Å². The minimum absolute atomic E-state index is 0.00477. The van der Waals surface area contributed by atoms with Crippen molar-refractivity contribution >= 4 is 40.6 Å². The maximum Gasteiger partial charge on any atom is 0.227 e. The summed E-state index contributed by atoms with van der Waals surface area (Å²) in [6, 6.07) is 5.78. The molecule has 0 aliphatic carbocycles. The Morgan fingerprint density at radius 2 is 1.78 bits per heavy atom. The molecule has 3 rings (SSSR count). The number of rotatable bonds is 9. The van der Waals surface area contributed by atoms with E-state index in [1.807, 2.05) is 31.0 Å². The molecule has 1 aromatic heterocycles. The van der Waals surface area contributed by atoms with Crippen LogP contribution in [0.25, 0.3) is 0 Å². The van der Waals surface area contributed by atoms with Crippen molar-refractivity contribution in [1.82, 2.24) is 15.5 Å². The van der Waals surface area contributed by atoms with E-state index >= 15 is 0 Å². The summed E-state index contributed by atoms with van der Waals surface area (Å²) in [6.45, 7) is 13.0. The highest BCUT2D eigenvalue weighted by Crippen LogP contribution is 2.40. The van der Waals surface area contributed by atoms with E-state index in [4.69, 9.17) is 27.3 Å². The SMILES string of the molecule is CC(C)[C@H](CO)Nc1nc(NCc2ccc(Cl)c(N)c2)c2c(n1)N(C(C)C)NN2C(C)C. The highest BCUT2D eigenvalue weighted by molar-refractivity contribution is 6.33. The van der Waals surface area contributed by atoms with Gasteiger partial charge in [0.1, 0.15) is 5.69 Å². The first-order valence-corrected chi connectivity index (χ1v) is 11.4. The lowest BCUT2D eigenvalue weighted by molar-refractivity contribution is 0.248. The van der Waals surface area contributed by atoms with Crippen molar-refractivity contribution < 1.29 is 5.11 Å². The molecule has 1 aromatic carbocycles. The Labute approximate surface area is 195 Å². The number of hydrogen-bond acceptors (Lipinski definition) is 9. The summed E-state index contributed by atoms with van der Waals surface area (Å²) in [4.78, 5) is 9.60. The lowest BCUT2D eigenvalue weighted by Crippen LogP contribution is -2.50. The molecule has 32 heavy (non-hydrogen) atoms. The number of nitrogens with one attached hydrogen (secondary N) is 3. The van der Waals surface area contributed by atoms with Gasteiger partial charge in [-0.15, -0.1) is 5.53 Å². The van der Waals surface area contributed by atoms with Crippen molar-refractivity contribution in [2.45, 2.75) is 66.2 Å². The molecule has 9 nitrogen and oxygen atoms in total. The lowest BCUT2D eigenvalue weighted by Gasteiger charge is -2.27. The predicted octanol–water partition coefficient (Wildman–Crippen LogP) is 3.62. The Morgan fingerprint density at radius 3 is 2.34 bits per heavy atom. The van der Waals surface area contributed by atoms with Gasteiger partial charge in [-0.25, -0.2) is 0 Å². The van der Waals surface area contributed by atoms with Crippen LogP contribution in [-0.2, 0) is 6.54 Å². The van der Waals surface area contributed by atoms with Crippen LogP contribution in [0.2, 0.25) is 5.02 Å². The van der Waals surface area contributed by atoms with Gasteiger partial charge in [0.2, 0.25) is 5.95 Å². The molecule has 0 amide bonds. The minimum Gasteiger partial charge on any atom is -0.398 e. The summed E-state index contributed by atoms with van der Waals surface area (Å²) in [7, 11) is 0. The minimum atomic E-state index is -0.153. The van der Waals surface area contributed by atoms with E-state index in [0.29, 0.717) is 29.0 Å². The van der Waals surface area contributed by atoms with Crippen LogP contribution in [-0.4, -0.2) is 39.8 Å². The van der Waals surface area contributed by atoms with E-state index < -0.39 is 0 Å². The number of aliphatic hydroxyl groups excluding tert-OH is 1. The monoisotopic (exact) mass is 462 g/mol. The zero-order valence-corrected chi connectivity index (χ0v) is 20.4. The van der Waals surface area contributed by atoms with Gasteiger partial charge < -0.3 is 21.5 Å². The van der Waals surface area contributed by atoms with Gasteiger partial charge in [-0.05, 0) is 51.3 Å². The average molecular weight is 463 g/mol. The number of halogens is 1. The topological polar surface area (TPSA) is 115 Å². The smallest absolute Gasteiger partial charge is 0.227 e. The highest BCUT2D eigenvalue weighted by atomic mass is 35.5. The van der Waals surface area contributed by atoms with Crippen LogP contribution in [0.1, 0.15) is 47.1 Å². The average Bonchev–Trinajstić information content (AvgIpc) is 3.12. The van der Waals surface area contributed by atoms with Gasteiger partial charge >= 0.3 is 0 Å². The zero-order chi connectivity index (χ0) is 23.6. The van der Waals surface area contributed by atoms with Gasteiger partial charge in [-0.2, -0.15) is 9.97 Å². The largest absolute Gasteiger partial charge is 0.398 e. The zero-order valence-electron chi connectivity index (χ0n) is 19.6. The molecule has 6 N–H and O–H groups in total. The van der Waals surface area contributed by atoms with Gasteiger partial charge in [0.05, 0.1) is 23.4 Å². The molecule has 0 bridgehead atoms. The van der Waals surface area contributed by atoms with E-state index in [0.717, 1.165) is 17.1 Å². The maximum absolute atomic E-state index is 9.79. The third-order valence-electron chi connectivity index (χ3n) is 5.42. The Morgan fingerprint density at radius 1 is 1.09 bits per heavy atom. The molecule has 0 unspecified atom stereocenters. The number of nitrogen functional groups attached to an aromatic ring is 1. The predicted molar refractivity (Wildman–Crippen MR) is 133 cm³/mol. The number of nitrogens with two attached hydrogens (primary N) is 1. The lowest BCUT2D eigenvalue weighted by atomic mass is 10.1. The van der Waals surface area contributed by atoms with E-state index in [1.54, 1.807) is 6.07 Å². The van der Waals surface area contributed by atoms with Crippen molar-refractivity contribution in [3.63, 3.8) is 0 Å². The fraction of sp³-hybridized carbons (Fsp3) is 0.545. The molecule has 0 fully saturated rings. The Balaban J connectivity index is 2.02. The van der Waals surface area contributed by atoms with Crippen LogP contribution in [0, 0.1) is 5.92 Å². The molecule has 10 heteroatoms. The molecule has 0 spiro atoms. The van der Waals surface area contributed by atoms with Gasteiger partial charge in [-0.1, -0.05) is 31.5 Å². The molecule has 176 valence electrons. The second-order valence-electron chi connectivity index (χ2n) is 8.98. The quantitative estimate of drug-likeness (QED) is 0.356. The Kier molecular flexibility index (Phi) is 7.53. The molecular formula is C22H35ClN8O. The molecule has 0 saturated heterocycles. The third-order valence-corrected chi connectivity index (χ3v) is 5.76. The summed E-state index contributed by atoms with van der Waals surface area (Å²) >= 11 is 6.07. The molecule has 2 heterocycles. The first kappa shape index (κ1) is 24.2. The number of nitrogens with zero attached hydrogens (tertiary/aromatic N) is 4. The third kappa shape index (κ3) is 5.11. The normalized spacial score (nSPS) is 14.5. The molecular weight excluding hydrogens is 428 g/mol. The van der Waals surface area contributed by atoms with Crippen LogP contribution >= 0.6 is 11.6 Å². The number of hydrogen-bond donors (Lipinski definition) is 5. The van der Waals surface area contributed by atoms with Crippen molar-refractivity contribution in [1.29, 1.82) is 0 Å². The van der Waals surface area contributed by atoms with Crippen LogP contribution in [0.15, 0.2) is 18.2 Å². The number of fused-ring (bicyclic) bond motifs is 1. The second kappa shape index (κ2) is 9.97. The van der Waals surface area contributed by atoms with Crippen molar-refractivity contribution in [2.24, 2.45) is 5.92 Å². The number of aliphatic hydroxyl groups is 1. The Bertz CT molecular complexity index is 936. The first-order chi connectivity index (χ1) is 15.1. The van der Waals surface area contributed by atoms with Crippen molar-refractivity contribution in [3.8, 4) is 0 Å². The summed E-state index contributed by atoms with van der Waals surface area (Å²) < 4.78 is 0. The fourth-order valence-corrected chi connectivity index (χ4v) is 3.56. The summed E-state index contributed by atoms with van der Waals surface area (Å²) in [5, 5.41) is 21.2. The van der Waals surface area contributed by atoms with Crippen LogP contribution in [0.5, 0.6) is 0 Å². The van der Waals surface area contributed by atoms with Crippen molar-refractivity contribution in [3.05, 3.63) is 28.8 Å². The van der Waals surface area contributed by atoms with E-state index in [-0.39, 0.29) is 30.7 Å². The number of aromatic nitrogens is 2. The fourth-order valence-electron chi connectivity index (χ4n) is 3.45. The van der Waals surface area contributed by atoms with Gasteiger partial charge in [0, 0.05) is 18.6 Å². The molecule has 1 aliphatic heterocycles. The van der Waals surface area contributed by atoms with Crippen molar-refractivity contribution in [2.75, 3.05) is 33.0 Å². The maximum atomic E-state index is 9.79. The van der Waals surface area contributed by atoms with Crippen LogP contribution in [0.4, 0.5) is 29.0 Å². The van der Waals surface area contributed by atoms with Gasteiger partial charge in [0.25, 0.3) is 0 Å². The Hall–Kier alpha value is -2.49. The number of benzene rings is 1. The first-order valence-electron chi connectivity index (χ1n) is 11.0. The van der Waals surface area contributed by atoms with Crippen LogP contribution in [0.3, 0.4) is 0 Å². The summed E-state index contributed by atoms with van der Waals surface area (Å²) in [6.07, 6.45) is 0. The van der Waals surface area contributed by atoms with Gasteiger partial charge in [-0.3, -0.25) is 10.0 Å². The van der Waals surface area contributed by atoms with E-state index in [9.17, 15) is 5.11 Å². The summed E-state index contributed by atoms with van der Waals surface area (Å²) in [5.41, 5.74) is 11.8. The van der Waals surface area contributed by atoms with E-state index in [1.165, 1.54) is 0 Å². The summed E-state index contributed by atoms with van der Waals surface area (Å²) in [5.74, 6) is 2.16. The molecule has 2 aromatic rings. The second-order valence-corrected chi connectivity index (χ2v) is 9.39. The number of hydrazine groups is 2. The molecule has 1 aliphatic rings. The molecule has 1 atom stereocenters. The molecule has 0 saturated carbocycles. The highest BCUT2D eigenvalue weighted by Gasteiger charge is 2.35. The van der Waals surface area contributed by atoms with E-state index in [2.05, 4.69) is 48.9 Å². The standard InChI is InChI=1S/C22H35ClN8O/c1-12(2)18(11-32)26-22-27-20(25-10-15-7-8-16(23)17(24)9-15)19-21(28-22)31(14(5)6)29-30(19)13(3)4/h7-9,12-14,18,29,32H,10-11,24H2,1-6H3,(H2,25,26,27,28)/t18-/m0/s1. The van der Waals surface area contributed by atoms with Crippen LogP contribution < -0.4 is 31.9 Å².